The molecule has 3 aromatic rings. The summed E-state index contributed by atoms with van der Waals surface area (Å²) in [4.78, 5) is 7.59. The molecule has 0 atom stereocenters. The lowest BCUT2D eigenvalue weighted by molar-refractivity contribution is 0.372. The first-order chi connectivity index (χ1) is 11.5. The van der Waals surface area contributed by atoms with E-state index in [2.05, 4.69) is 32.0 Å². The molecule has 0 aliphatic heterocycles. The molecular weight excluding hydrogens is 370 g/mol. The van der Waals surface area contributed by atoms with E-state index in [-0.39, 0.29) is 5.75 Å². The molecule has 0 unspecified atom stereocenters. The third-order valence-corrected chi connectivity index (χ3v) is 4.06. The molecule has 0 radical (unpaired) electrons. The van der Waals surface area contributed by atoms with Crippen molar-refractivity contribution in [3.8, 4) is 17.6 Å². The van der Waals surface area contributed by atoms with E-state index in [1.54, 1.807) is 18.2 Å². The number of imidazole rings is 1. The van der Waals surface area contributed by atoms with Gasteiger partial charge >= 0.3 is 0 Å². The van der Waals surface area contributed by atoms with Gasteiger partial charge in [-0.25, -0.2) is 4.98 Å². The van der Waals surface area contributed by atoms with Crippen LogP contribution in [0, 0.1) is 18.3 Å². The number of aromatic hydroxyl groups is 1. The average Bonchev–Trinajstić information content (AvgIpc) is 2.97. The molecule has 2 N–H and O–H groups in total. The number of phenolic OH excluding ortho intramolecular Hbond substituents is 1. The normalized spacial score (nSPS) is 11.5. The van der Waals surface area contributed by atoms with Crippen LogP contribution in [-0.4, -0.2) is 22.2 Å². The number of rotatable bonds is 3. The number of hydrogen-bond acceptors (Lipinski definition) is 4. The first-order valence-electron chi connectivity index (χ1n) is 7.17. The van der Waals surface area contributed by atoms with E-state index in [0.29, 0.717) is 22.7 Å². The van der Waals surface area contributed by atoms with Gasteiger partial charge < -0.3 is 14.8 Å². The van der Waals surface area contributed by atoms with Crippen molar-refractivity contribution in [1.29, 1.82) is 5.26 Å². The summed E-state index contributed by atoms with van der Waals surface area (Å²) >= 11 is 3.37. The highest BCUT2D eigenvalue weighted by atomic mass is 79.9. The Balaban J connectivity index is 2.12. The number of aromatic amines is 1. The van der Waals surface area contributed by atoms with Gasteiger partial charge in [-0.05, 0) is 42.8 Å². The fraction of sp³-hybridized carbons (Fsp3) is 0.111. The predicted octanol–water partition coefficient (Wildman–Crippen LogP) is 4.41. The van der Waals surface area contributed by atoms with Crippen molar-refractivity contribution in [2.45, 2.75) is 6.92 Å². The maximum absolute atomic E-state index is 10.3. The molecule has 1 aromatic heterocycles. The lowest BCUT2D eigenvalue weighted by Gasteiger charge is -2.07. The molecule has 0 bridgehead atoms. The molecule has 6 heteroatoms. The maximum Gasteiger partial charge on any atom is 0.165 e. The van der Waals surface area contributed by atoms with Crippen LogP contribution >= 0.6 is 15.9 Å². The summed E-state index contributed by atoms with van der Waals surface area (Å²) < 4.78 is 5.87. The van der Waals surface area contributed by atoms with Crippen molar-refractivity contribution in [2.24, 2.45) is 0 Å². The number of H-pyrrole nitrogens is 1. The monoisotopic (exact) mass is 383 g/mol. The Bertz CT molecular complexity index is 999. The van der Waals surface area contributed by atoms with Gasteiger partial charge in [-0.1, -0.05) is 22.0 Å². The van der Waals surface area contributed by atoms with Crippen molar-refractivity contribution in [3.05, 3.63) is 51.8 Å². The Labute approximate surface area is 147 Å². The van der Waals surface area contributed by atoms with Gasteiger partial charge in [-0.3, -0.25) is 0 Å². The standard InChI is InChI=1S/C18H14BrN3O2/c1-10-3-4-14-15(5-10)22-18(21-14)12(9-20)6-11-7-13(19)8-16(24-2)17(11)23/h3-8,23H,1-2H3,(H,21,22)/b12-6+. The third-order valence-electron chi connectivity index (χ3n) is 3.60. The van der Waals surface area contributed by atoms with E-state index >= 15 is 0 Å². The van der Waals surface area contributed by atoms with Crippen LogP contribution in [0.25, 0.3) is 22.7 Å². The Kier molecular flexibility index (Phi) is 4.28. The van der Waals surface area contributed by atoms with Gasteiger partial charge in [0.15, 0.2) is 11.5 Å². The molecule has 0 saturated heterocycles. The van der Waals surface area contributed by atoms with Crippen LogP contribution in [0.4, 0.5) is 0 Å². The second-order valence-electron chi connectivity index (χ2n) is 5.32. The summed E-state index contributed by atoms with van der Waals surface area (Å²) in [5.41, 5.74) is 3.54. The van der Waals surface area contributed by atoms with E-state index in [1.807, 2.05) is 25.1 Å². The summed E-state index contributed by atoms with van der Waals surface area (Å²) in [5, 5.41) is 19.8. The number of ether oxygens (including phenoxy) is 1. The number of aromatic nitrogens is 2. The number of hydrogen-bond donors (Lipinski definition) is 2. The molecule has 0 amide bonds. The smallest absolute Gasteiger partial charge is 0.165 e. The lowest BCUT2D eigenvalue weighted by Crippen LogP contribution is -1.89. The summed E-state index contributed by atoms with van der Waals surface area (Å²) in [6.07, 6.45) is 1.58. The number of benzene rings is 2. The van der Waals surface area contributed by atoms with Gasteiger partial charge in [0.25, 0.3) is 0 Å². The minimum absolute atomic E-state index is 0.0274. The molecule has 24 heavy (non-hydrogen) atoms. The molecular formula is C18H14BrN3O2. The first-order valence-corrected chi connectivity index (χ1v) is 7.96. The number of halogens is 1. The minimum atomic E-state index is -0.0274. The molecule has 0 saturated carbocycles. The van der Waals surface area contributed by atoms with E-state index in [4.69, 9.17) is 4.74 Å². The van der Waals surface area contributed by atoms with Crippen LogP contribution in [0.3, 0.4) is 0 Å². The van der Waals surface area contributed by atoms with Crippen LogP contribution in [0.2, 0.25) is 0 Å². The highest BCUT2D eigenvalue weighted by Gasteiger charge is 2.12. The minimum Gasteiger partial charge on any atom is -0.504 e. The van der Waals surface area contributed by atoms with Gasteiger partial charge in [0.1, 0.15) is 11.9 Å². The fourth-order valence-corrected chi connectivity index (χ4v) is 2.87. The van der Waals surface area contributed by atoms with Crippen molar-refractivity contribution >= 4 is 38.6 Å². The highest BCUT2D eigenvalue weighted by Crippen LogP contribution is 2.35. The molecule has 0 aliphatic rings. The van der Waals surface area contributed by atoms with Gasteiger partial charge in [0, 0.05) is 10.0 Å². The van der Waals surface area contributed by atoms with E-state index in [0.717, 1.165) is 21.1 Å². The predicted molar refractivity (Wildman–Crippen MR) is 96.7 cm³/mol. The second kappa shape index (κ2) is 6.38. The molecule has 0 aliphatic carbocycles. The average molecular weight is 384 g/mol. The number of methoxy groups -OCH3 is 1. The molecule has 0 fully saturated rings. The lowest BCUT2D eigenvalue weighted by atomic mass is 10.1. The molecule has 0 spiro atoms. The van der Waals surface area contributed by atoms with Crippen molar-refractivity contribution in [2.75, 3.05) is 7.11 Å². The third kappa shape index (κ3) is 2.99. The number of nitrogens with zero attached hydrogens (tertiary/aromatic N) is 2. The number of phenols is 1. The Hall–Kier alpha value is -2.78. The van der Waals surface area contributed by atoms with E-state index < -0.39 is 0 Å². The van der Waals surface area contributed by atoms with Crippen LogP contribution in [0.15, 0.2) is 34.8 Å². The number of allylic oxidation sites excluding steroid dienone is 1. The molecule has 5 nitrogen and oxygen atoms in total. The number of fused-ring (bicyclic) bond motifs is 1. The number of nitrogens with one attached hydrogen (secondary N) is 1. The summed E-state index contributed by atoms with van der Waals surface area (Å²) in [7, 11) is 1.47. The SMILES string of the molecule is COc1cc(Br)cc(/C=C(\C#N)c2nc3ccc(C)cc3[nH]2)c1O. The van der Waals surface area contributed by atoms with Gasteiger partial charge in [-0.15, -0.1) is 0 Å². The zero-order valence-corrected chi connectivity index (χ0v) is 14.7. The van der Waals surface area contributed by atoms with Gasteiger partial charge in [0.05, 0.1) is 23.7 Å². The Morgan fingerprint density at radius 3 is 2.88 bits per heavy atom. The molecule has 120 valence electrons. The van der Waals surface area contributed by atoms with Crippen molar-refractivity contribution in [1.82, 2.24) is 9.97 Å². The van der Waals surface area contributed by atoms with Gasteiger partial charge in [-0.2, -0.15) is 5.26 Å². The molecule has 2 aromatic carbocycles. The van der Waals surface area contributed by atoms with E-state index in [9.17, 15) is 10.4 Å². The maximum atomic E-state index is 10.3. The van der Waals surface area contributed by atoms with Crippen LogP contribution in [0.1, 0.15) is 17.0 Å². The summed E-state index contributed by atoms with van der Waals surface area (Å²) in [5.74, 6) is 0.755. The highest BCUT2D eigenvalue weighted by molar-refractivity contribution is 9.10. The fourth-order valence-electron chi connectivity index (χ4n) is 2.42. The van der Waals surface area contributed by atoms with E-state index in [1.165, 1.54) is 7.11 Å². The zero-order chi connectivity index (χ0) is 17.3. The van der Waals surface area contributed by atoms with Crippen molar-refractivity contribution < 1.29 is 9.84 Å². The topological polar surface area (TPSA) is 81.9 Å². The quantitative estimate of drug-likeness (QED) is 0.656. The largest absolute Gasteiger partial charge is 0.504 e. The van der Waals surface area contributed by atoms with Crippen LogP contribution in [0.5, 0.6) is 11.5 Å². The first kappa shape index (κ1) is 16.1. The second-order valence-corrected chi connectivity index (χ2v) is 6.24. The number of aryl methyl sites for hydroxylation is 1. The zero-order valence-electron chi connectivity index (χ0n) is 13.1. The van der Waals surface area contributed by atoms with Crippen LogP contribution in [-0.2, 0) is 0 Å². The summed E-state index contributed by atoms with van der Waals surface area (Å²) in [6, 6.07) is 11.3. The van der Waals surface area contributed by atoms with Crippen molar-refractivity contribution in [3.63, 3.8) is 0 Å². The van der Waals surface area contributed by atoms with Gasteiger partial charge in [0.2, 0.25) is 0 Å². The molecule has 1 heterocycles. The number of nitriles is 1. The Morgan fingerprint density at radius 1 is 1.38 bits per heavy atom. The molecule has 3 rings (SSSR count). The summed E-state index contributed by atoms with van der Waals surface area (Å²) in [6.45, 7) is 1.99. The van der Waals surface area contributed by atoms with Crippen LogP contribution < -0.4 is 4.74 Å². The Morgan fingerprint density at radius 2 is 2.17 bits per heavy atom.